The van der Waals surface area contributed by atoms with E-state index in [0.29, 0.717) is 11.4 Å². The minimum atomic E-state index is -0.317. The van der Waals surface area contributed by atoms with Gasteiger partial charge in [-0.2, -0.15) is 0 Å². The van der Waals surface area contributed by atoms with E-state index >= 15 is 0 Å². The van der Waals surface area contributed by atoms with Crippen molar-refractivity contribution in [2.45, 2.75) is 18.9 Å². The largest absolute Gasteiger partial charge is 0.487 e. The fraction of sp³-hybridized carbons (Fsp3) is 0.455. The number of rotatable bonds is 2. The molecule has 82 valence electrons. The van der Waals surface area contributed by atoms with Crippen molar-refractivity contribution in [1.82, 2.24) is 5.32 Å². The first-order chi connectivity index (χ1) is 7.25. The number of nitrogen functional groups attached to an aromatic ring is 1. The number of halogens is 1. The summed E-state index contributed by atoms with van der Waals surface area (Å²) in [6.07, 6.45) is 2.17. The SMILES string of the molecule is Nc1ccc(F)cc1OC1CCCNC1. The fourth-order valence-electron chi connectivity index (χ4n) is 1.71. The average molecular weight is 210 g/mol. The summed E-state index contributed by atoms with van der Waals surface area (Å²) < 4.78 is 18.6. The van der Waals surface area contributed by atoms with Gasteiger partial charge in [0, 0.05) is 12.6 Å². The topological polar surface area (TPSA) is 47.3 Å². The summed E-state index contributed by atoms with van der Waals surface area (Å²) in [7, 11) is 0. The van der Waals surface area contributed by atoms with Gasteiger partial charge in [0.05, 0.1) is 5.69 Å². The molecule has 1 aliphatic rings. The van der Waals surface area contributed by atoms with Gasteiger partial charge in [-0.15, -0.1) is 0 Å². The van der Waals surface area contributed by atoms with Crippen molar-refractivity contribution >= 4 is 5.69 Å². The molecule has 1 unspecified atom stereocenters. The molecule has 0 amide bonds. The minimum Gasteiger partial charge on any atom is -0.487 e. The summed E-state index contributed by atoms with van der Waals surface area (Å²) in [5, 5.41) is 3.23. The standard InChI is InChI=1S/C11H15FN2O/c12-8-3-4-10(13)11(6-8)15-9-2-1-5-14-7-9/h3-4,6,9,14H,1-2,5,7,13H2. The van der Waals surface area contributed by atoms with Gasteiger partial charge in [0.15, 0.2) is 0 Å². The van der Waals surface area contributed by atoms with Crippen molar-refractivity contribution in [2.75, 3.05) is 18.8 Å². The van der Waals surface area contributed by atoms with Crippen LogP contribution in [-0.4, -0.2) is 19.2 Å². The van der Waals surface area contributed by atoms with Crippen LogP contribution in [0.4, 0.5) is 10.1 Å². The van der Waals surface area contributed by atoms with Crippen molar-refractivity contribution in [1.29, 1.82) is 0 Å². The van der Waals surface area contributed by atoms with Crippen LogP contribution in [0.3, 0.4) is 0 Å². The maximum Gasteiger partial charge on any atom is 0.145 e. The van der Waals surface area contributed by atoms with Crippen LogP contribution in [0.2, 0.25) is 0 Å². The minimum absolute atomic E-state index is 0.0999. The lowest BCUT2D eigenvalue weighted by Crippen LogP contribution is -2.37. The molecule has 1 aliphatic heterocycles. The number of ether oxygens (including phenoxy) is 1. The third-order valence-electron chi connectivity index (χ3n) is 2.52. The van der Waals surface area contributed by atoms with Gasteiger partial charge < -0.3 is 15.8 Å². The Hall–Kier alpha value is -1.29. The maximum absolute atomic E-state index is 13.0. The maximum atomic E-state index is 13.0. The lowest BCUT2D eigenvalue weighted by Gasteiger charge is -2.24. The van der Waals surface area contributed by atoms with E-state index in [1.165, 1.54) is 18.2 Å². The molecule has 0 spiro atoms. The Kier molecular flexibility index (Phi) is 3.06. The zero-order chi connectivity index (χ0) is 10.7. The normalized spacial score (nSPS) is 21.3. The molecular weight excluding hydrogens is 195 g/mol. The summed E-state index contributed by atoms with van der Waals surface area (Å²) >= 11 is 0. The number of hydrogen-bond acceptors (Lipinski definition) is 3. The molecule has 0 radical (unpaired) electrons. The Morgan fingerprint density at radius 2 is 2.33 bits per heavy atom. The lowest BCUT2D eigenvalue weighted by atomic mass is 10.1. The van der Waals surface area contributed by atoms with Crippen molar-refractivity contribution < 1.29 is 9.13 Å². The molecule has 0 aliphatic carbocycles. The summed E-state index contributed by atoms with van der Waals surface area (Å²) in [6.45, 7) is 1.83. The lowest BCUT2D eigenvalue weighted by molar-refractivity contribution is 0.167. The number of nitrogens with one attached hydrogen (secondary N) is 1. The first kappa shape index (κ1) is 10.2. The predicted molar refractivity (Wildman–Crippen MR) is 57.3 cm³/mol. The Morgan fingerprint density at radius 3 is 3.07 bits per heavy atom. The quantitative estimate of drug-likeness (QED) is 0.728. The smallest absolute Gasteiger partial charge is 0.145 e. The van der Waals surface area contributed by atoms with Crippen LogP contribution in [0.5, 0.6) is 5.75 Å². The third kappa shape index (κ3) is 2.59. The predicted octanol–water partition coefficient (Wildman–Crippen LogP) is 1.54. The summed E-state index contributed by atoms with van der Waals surface area (Å²) in [4.78, 5) is 0. The second-order valence-corrected chi connectivity index (χ2v) is 3.77. The van der Waals surface area contributed by atoms with Crippen molar-refractivity contribution in [2.24, 2.45) is 0 Å². The second kappa shape index (κ2) is 4.49. The van der Waals surface area contributed by atoms with E-state index in [-0.39, 0.29) is 11.9 Å². The van der Waals surface area contributed by atoms with E-state index in [1.807, 2.05) is 0 Å². The van der Waals surface area contributed by atoms with Gasteiger partial charge in [0.2, 0.25) is 0 Å². The number of benzene rings is 1. The molecule has 1 aromatic rings. The molecule has 1 heterocycles. The van der Waals surface area contributed by atoms with Gasteiger partial charge in [-0.05, 0) is 31.5 Å². The summed E-state index contributed by atoms with van der Waals surface area (Å²) in [6, 6.07) is 4.20. The zero-order valence-electron chi connectivity index (χ0n) is 8.50. The van der Waals surface area contributed by atoms with Crippen LogP contribution in [-0.2, 0) is 0 Å². The molecule has 4 heteroatoms. The number of hydrogen-bond donors (Lipinski definition) is 2. The summed E-state index contributed by atoms with van der Waals surface area (Å²) in [5.74, 6) is 0.131. The van der Waals surface area contributed by atoms with Gasteiger partial charge >= 0.3 is 0 Å². The van der Waals surface area contributed by atoms with Crippen LogP contribution in [0, 0.1) is 5.82 Å². The molecule has 1 aromatic carbocycles. The molecule has 0 bridgehead atoms. The molecule has 3 nitrogen and oxygen atoms in total. The van der Waals surface area contributed by atoms with E-state index in [4.69, 9.17) is 10.5 Å². The Bertz CT molecular complexity index is 337. The van der Waals surface area contributed by atoms with Crippen molar-refractivity contribution in [3.05, 3.63) is 24.0 Å². The number of nitrogens with two attached hydrogens (primary N) is 1. The van der Waals surface area contributed by atoms with Crippen LogP contribution >= 0.6 is 0 Å². The first-order valence-corrected chi connectivity index (χ1v) is 5.18. The first-order valence-electron chi connectivity index (χ1n) is 5.18. The summed E-state index contributed by atoms with van der Waals surface area (Å²) in [5.41, 5.74) is 6.18. The Labute approximate surface area is 88.4 Å². The highest BCUT2D eigenvalue weighted by molar-refractivity contribution is 5.52. The molecule has 15 heavy (non-hydrogen) atoms. The molecule has 1 saturated heterocycles. The van der Waals surface area contributed by atoms with Gasteiger partial charge in [0.1, 0.15) is 17.7 Å². The molecule has 2 rings (SSSR count). The van der Waals surface area contributed by atoms with E-state index in [0.717, 1.165) is 25.9 Å². The molecular formula is C11H15FN2O. The second-order valence-electron chi connectivity index (χ2n) is 3.77. The zero-order valence-corrected chi connectivity index (χ0v) is 8.50. The molecule has 1 fully saturated rings. The number of piperidine rings is 1. The Balaban J connectivity index is 2.05. The molecule has 3 N–H and O–H groups in total. The highest BCUT2D eigenvalue weighted by Crippen LogP contribution is 2.24. The van der Waals surface area contributed by atoms with E-state index in [2.05, 4.69) is 5.32 Å². The van der Waals surface area contributed by atoms with Crippen molar-refractivity contribution in [3.8, 4) is 5.75 Å². The van der Waals surface area contributed by atoms with Gasteiger partial charge in [-0.1, -0.05) is 0 Å². The monoisotopic (exact) mass is 210 g/mol. The third-order valence-corrected chi connectivity index (χ3v) is 2.52. The van der Waals surface area contributed by atoms with Gasteiger partial charge in [-0.3, -0.25) is 0 Å². The highest BCUT2D eigenvalue weighted by atomic mass is 19.1. The van der Waals surface area contributed by atoms with Crippen molar-refractivity contribution in [3.63, 3.8) is 0 Å². The molecule has 0 saturated carbocycles. The van der Waals surface area contributed by atoms with E-state index < -0.39 is 0 Å². The van der Waals surface area contributed by atoms with Crippen LogP contribution in [0.25, 0.3) is 0 Å². The molecule has 1 atom stereocenters. The van der Waals surface area contributed by atoms with Crippen LogP contribution in [0.1, 0.15) is 12.8 Å². The van der Waals surface area contributed by atoms with Crippen LogP contribution in [0.15, 0.2) is 18.2 Å². The van der Waals surface area contributed by atoms with E-state index in [1.54, 1.807) is 0 Å². The fourth-order valence-corrected chi connectivity index (χ4v) is 1.71. The number of anilines is 1. The van der Waals surface area contributed by atoms with Gasteiger partial charge in [0.25, 0.3) is 0 Å². The highest BCUT2D eigenvalue weighted by Gasteiger charge is 2.15. The van der Waals surface area contributed by atoms with E-state index in [9.17, 15) is 4.39 Å². The molecule has 0 aromatic heterocycles. The Morgan fingerprint density at radius 1 is 1.47 bits per heavy atom. The van der Waals surface area contributed by atoms with Gasteiger partial charge in [-0.25, -0.2) is 4.39 Å². The van der Waals surface area contributed by atoms with Crippen LogP contribution < -0.4 is 15.8 Å². The average Bonchev–Trinajstić information content (AvgIpc) is 2.25.